The molecule has 2 aromatic rings. The van der Waals surface area contributed by atoms with E-state index in [-0.39, 0.29) is 31.4 Å². The van der Waals surface area contributed by atoms with Crippen molar-refractivity contribution in [2.45, 2.75) is 19.8 Å². The van der Waals surface area contributed by atoms with Gasteiger partial charge in [-0.1, -0.05) is 19.1 Å². The molecule has 0 spiro atoms. The molecule has 2 amide bonds. The lowest BCUT2D eigenvalue weighted by atomic mass is 10.1. The first-order valence-electron chi connectivity index (χ1n) is 9.11. The van der Waals surface area contributed by atoms with Crippen LogP contribution in [0.2, 0.25) is 0 Å². The number of benzene rings is 2. The van der Waals surface area contributed by atoms with Crippen LogP contribution < -0.4 is 15.0 Å². The maximum absolute atomic E-state index is 12.0. The van der Waals surface area contributed by atoms with Gasteiger partial charge in [0.2, 0.25) is 5.91 Å². The number of rotatable bonds is 7. The summed E-state index contributed by atoms with van der Waals surface area (Å²) < 4.78 is 5.48. The van der Waals surface area contributed by atoms with E-state index in [1.807, 2.05) is 24.3 Å². The van der Waals surface area contributed by atoms with Gasteiger partial charge in [-0.15, -0.1) is 0 Å². The fourth-order valence-corrected chi connectivity index (χ4v) is 3.01. The number of nitrogens with zero attached hydrogens (tertiary/aromatic N) is 1. The molecule has 3 rings (SSSR count). The number of carbonyl (C=O) groups is 3. The third-order valence-corrected chi connectivity index (χ3v) is 4.64. The topological polar surface area (TPSA) is 95.9 Å². The molecule has 146 valence electrons. The number of hydrogen-bond acceptors (Lipinski definition) is 4. The number of carboxylic acid groups (broad SMARTS) is 1. The molecule has 0 aromatic heterocycles. The second kappa shape index (κ2) is 8.56. The predicted molar refractivity (Wildman–Crippen MR) is 104 cm³/mol. The summed E-state index contributed by atoms with van der Waals surface area (Å²) in [6, 6.07) is 14.3. The van der Waals surface area contributed by atoms with E-state index in [1.54, 1.807) is 24.3 Å². The van der Waals surface area contributed by atoms with Crippen LogP contribution in [0.4, 0.5) is 11.4 Å². The molecule has 7 nitrogen and oxygen atoms in total. The molecule has 1 saturated heterocycles. The van der Waals surface area contributed by atoms with Gasteiger partial charge in [-0.3, -0.25) is 14.4 Å². The molecule has 28 heavy (non-hydrogen) atoms. The van der Waals surface area contributed by atoms with Crippen LogP contribution in [0.5, 0.6) is 5.75 Å². The molecule has 0 saturated carbocycles. The van der Waals surface area contributed by atoms with Crippen LogP contribution in [0.25, 0.3) is 0 Å². The number of aryl methyl sites for hydroxylation is 1. The monoisotopic (exact) mass is 382 g/mol. The van der Waals surface area contributed by atoms with Gasteiger partial charge in [0, 0.05) is 24.3 Å². The second-order valence-corrected chi connectivity index (χ2v) is 6.62. The van der Waals surface area contributed by atoms with Crippen molar-refractivity contribution >= 4 is 29.2 Å². The lowest BCUT2D eigenvalue weighted by Gasteiger charge is -2.16. The second-order valence-electron chi connectivity index (χ2n) is 6.62. The zero-order valence-electron chi connectivity index (χ0n) is 15.6. The van der Waals surface area contributed by atoms with Crippen molar-refractivity contribution < 1.29 is 24.2 Å². The van der Waals surface area contributed by atoms with Crippen LogP contribution in [-0.2, 0) is 20.8 Å². The number of carboxylic acids is 1. The van der Waals surface area contributed by atoms with E-state index in [9.17, 15) is 14.4 Å². The molecular formula is C21H22N2O5. The lowest BCUT2D eigenvalue weighted by Crippen LogP contribution is -2.25. The Bertz CT molecular complexity index is 861. The van der Waals surface area contributed by atoms with Gasteiger partial charge < -0.3 is 20.1 Å². The summed E-state index contributed by atoms with van der Waals surface area (Å²) in [5.41, 5.74) is 2.52. The summed E-state index contributed by atoms with van der Waals surface area (Å²) in [6.45, 7) is 2.09. The van der Waals surface area contributed by atoms with Crippen LogP contribution in [-0.4, -0.2) is 36.0 Å². The van der Waals surface area contributed by atoms with Gasteiger partial charge in [0.05, 0.1) is 5.92 Å². The third-order valence-electron chi connectivity index (χ3n) is 4.64. The van der Waals surface area contributed by atoms with Gasteiger partial charge in [0.25, 0.3) is 5.91 Å². The molecular weight excluding hydrogens is 360 g/mol. The molecule has 7 heteroatoms. The molecule has 2 aromatic carbocycles. The highest BCUT2D eigenvalue weighted by molar-refractivity contribution is 5.99. The third kappa shape index (κ3) is 4.68. The van der Waals surface area contributed by atoms with Crippen LogP contribution in [0, 0.1) is 5.92 Å². The Kier molecular flexibility index (Phi) is 5.93. The molecule has 1 heterocycles. The first-order chi connectivity index (χ1) is 13.5. The summed E-state index contributed by atoms with van der Waals surface area (Å²) in [5, 5.41) is 11.8. The van der Waals surface area contributed by atoms with E-state index in [0.717, 1.165) is 6.42 Å². The predicted octanol–water partition coefficient (Wildman–Crippen LogP) is 2.70. The summed E-state index contributed by atoms with van der Waals surface area (Å²) >= 11 is 0. The summed E-state index contributed by atoms with van der Waals surface area (Å²) in [4.78, 5) is 36.5. The largest absolute Gasteiger partial charge is 0.484 e. The van der Waals surface area contributed by atoms with E-state index in [0.29, 0.717) is 17.1 Å². The number of amides is 2. The SMILES string of the molecule is CCc1ccc(NC(=O)COc2ccc(N3C[C@@H](C(=O)O)CC3=O)cc2)cc1. The molecule has 0 radical (unpaired) electrons. The van der Waals surface area contributed by atoms with E-state index < -0.39 is 11.9 Å². The average molecular weight is 382 g/mol. The van der Waals surface area contributed by atoms with Gasteiger partial charge in [0.1, 0.15) is 5.75 Å². The number of aliphatic carboxylic acids is 1. The van der Waals surface area contributed by atoms with Crippen molar-refractivity contribution in [3.8, 4) is 5.75 Å². The number of hydrogen-bond donors (Lipinski definition) is 2. The minimum Gasteiger partial charge on any atom is -0.484 e. The van der Waals surface area contributed by atoms with E-state index in [1.165, 1.54) is 10.5 Å². The van der Waals surface area contributed by atoms with Crippen LogP contribution in [0.1, 0.15) is 18.9 Å². The summed E-state index contributed by atoms with van der Waals surface area (Å²) in [5.74, 6) is -1.65. The van der Waals surface area contributed by atoms with Crippen LogP contribution in [0.3, 0.4) is 0 Å². The molecule has 0 unspecified atom stereocenters. The van der Waals surface area contributed by atoms with E-state index in [2.05, 4.69) is 12.2 Å². The zero-order chi connectivity index (χ0) is 20.1. The molecule has 1 aliphatic rings. The van der Waals surface area contributed by atoms with Crippen molar-refractivity contribution in [3.63, 3.8) is 0 Å². The number of carbonyl (C=O) groups excluding carboxylic acids is 2. The van der Waals surface area contributed by atoms with E-state index >= 15 is 0 Å². The standard InChI is InChI=1S/C21H22N2O5/c1-2-14-3-5-16(6-4-14)22-19(24)13-28-18-9-7-17(8-10-18)23-12-15(21(26)27)11-20(23)25/h3-10,15H,2,11-13H2,1H3,(H,22,24)(H,26,27)/t15-/m0/s1. The van der Waals surface area contributed by atoms with Crippen LogP contribution in [0.15, 0.2) is 48.5 Å². The Hall–Kier alpha value is -3.35. The molecule has 0 aliphatic carbocycles. The van der Waals surface area contributed by atoms with E-state index in [4.69, 9.17) is 9.84 Å². The molecule has 2 N–H and O–H groups in total. The van der Waals surface area contributed by atoms with Gasteiger partial charge in [0.15, 0.2) is 6.61 Å². The van der Waals surface area contributed by atoms with Crippen LogP contribution >= 0.6 is 0 Å². The zero-order valence-corrected chi connectivity index (χ0v) is 15.6. The first-order valence-corrected chi connectivity index (χ1v) is 9.11. The number of nitrogens with one attached hydrogen (secondary N) is 1. The Morgan fingerprint density at radius 1 is 1.14 bits per heavy atom. The fourth-order valence-electron chi connectivity index (χ4n) is 3.01. The minimum absolute atomic E-state index is 0.00694. The Labute approximate surface area is 162 Å². The number of anilines is 2. The van der Waals surface area contributed by atoms with Crippen molar-refractivity contribution in [3.05, 3.63) is 54.1 Å². The highest BCUT2D eigenvalue weighted by Gasteiger charge is 2.34. The Morgan fingerprint density at radius 2 is 1.82 bits per heavy atom. The molecule has 1 aliphatic heterocycles. The van der Waals surface area contributed by atoms with Crippen molar-refractivity contribution in [1.82, 2.24) is 0 Å². The lowest BCUT2D eigenvalue weighted by molar-refractivity contribution is -0.141. The first kappa shape index (κ1) is 19.4. The maximum atomic E-state index is 12.0. The van der Waals surface area contributed by atoms with Gasteiger partial charge in [-0.05, 0) is 48.4 Å². The Balaban J connectivity index is 1.52. The highest BCUT2D eigenvalue weighted by Crippen LogP contribution is 2.27. The molecule has 1 atom stereocenters. The quantitative estimate of drug-likeness (QED) is 0.768. The fraction of sp³-hybridized carbons (Fsp3) is 0.286. The van der Waals surface area contributed by atoms with Gasteiger partial charge >= 0.3 is 5.97 Å². The summed E-state index contributed by atoms with van der Waals surface area (Å²) in [6.07, 6.45) is 0.945. The maximum Gasteiger partial charge on any atom is 0.308 e. The van der Waals surface area contributed by atoms with Gasteiger partial charge in [-0.25, -0.2) is 0 Å². The smallest absolute Gasteiger partial charge is 0.308 e. The average Bonchev–Trinajstić information content (AvgIpc) is 3.09. The normalized spacial score (nSPS) is 16.1. The summed E-state index contributed by atoms with van der Waals surface area (Å²) in [7, 11) is 0. The molecule has 1 fully saturated rings. The number of ether oxygens (including phenoxy) is 1. The van der Waals surface area contributed by atoms with Gasteiger partial charge in [-0.2, -0.15) is 0 Å². The van der Waals surface area contributed by atoms with Crippen molar-refractivity contribution in [1.29, 1.82) is 0 Å². The molecule has 0 bridgehead atoms. The highest BCUT2D eigenvalue weighted by atomic mass is 16.5. The van der Waals surface area contributed by atoms with Crippen molar-refractivity contribution in [2.24, 2.45) is 5.92 Å². The Morgan fingerprint density at radius 3 is 2.39 bits per heavy atom. The van der Waals surface area contributed by atoms with Crippen molar-refractivity contribution in [2.75, 3.05) is 23.4 Å². The minimum atomic E-state index is -0.967.